The molecule has 0 spiro atoms. The van der Waals surface area contributed by atoms with E-state index in [1.54, 1.807) is 0 Å². The molecule has 14 nitrogen and oxygen atoms in total. The maximum atomic E-state index is 13.9. The number of likely N-dealkylation sites (tertiary alicyclic amines) is 2. The van der Waals surface area contributed by atoms with Crippen LogP contribution in [0.1, 0.15) is 153 Å². The van der Waals surface area contributed by atoms with Crippen LogP contribution in [0, 0.1) is 11.8 Å². The third-order valence-electron chi connectivity index (χ3n) is 14.0. The molecule has 4 heterocycles. The minimum absolute atomic E-state index is 0.0249. The van der Waals surface area contributed by atoms with E-state index in [2.05, 4.69) is 57.0 Å². The number of hydrogen-bond acceptors (Lipinski definition) is 8. The average molecular weight is 887 g/mol. The van der Waals surface area contributed by atoms with E-state index in [0.29, 0.717) is 0 Å². The quantitative estimate of drug-likeness (QED) is 0.119. The predicted molar refractivity (Wildman–Crippen MR) is 247 cm³/mol. The minimum atomic E-state index is -0.543. The standard InChI is InChI=1S/C51H66N8O6/c1-50(2,3)64-48(62)54-36-17-11-30(12-18-36)46(60)58-23-7-9-42(58)44-52-28-40(56-44)32-15-21-38-34(25-32)27-35-26-33(16-22-39(35)38)41-29-53-45(57-41)43-10-8-24-59(43)47(61)31-13-19-37(20-14-31)55-49(63)65-51(4,5)6/h15-16,21-22,25-26,28-31,36-37,42-43H,7-14,17-20,23-24,27H2,1-6H3,(H,52,56)(H,53,57)(H,54,62)(H,55,63)/t30?,31?,36?,37?,42-,43-/m1/s1. The van der Waals surface area contributed by atoms with Crippen LogP contribution < -0.4 is 10.6 Å². The summed E-state index contributed by atoms with van der Waals surface area (Å²) in [6.45, 7) is 12.6. The van der Waals surface area contributed by atoms with E-state index in [1.807, 2.05) is 63.7 Å². The highest BCUT2D eigenvalue weighted by Gasteiger charge is 2.39. The van der Waals surface area contributed by atoms with E-state index in [-0.39, 0.29) is 47.8 Å². The SMILES string of the molecule is CC(C)(C)OC(=O)NC1CCC(C(=O)N2CCC[C@@H]2c2ncc(-c3ccc4c(c3)Cc3cc(-c5cnc([C@H]6CCCN6C(=O)C6CCC(NC(=O)OC(C)(C)C)CC6)[nH]5)ccc3-4)[nH]2)CC1. The maximum Gasteiger partial charge on any atom is 0.407 e. The Bertz CT molecular complexity index is 2240. The lowest BCUT2D eigenvalue weighted by Crippen LogP contribution is -2.43. The fourth-order valence-electron chi connectivity index (χ4n) is 10.9. The first kappa shape index (κ1) is 44.5. The largest absolute Gasteiger partial charge is 0.444 e. The third kappa shape index (κ3) is 9.96. The number of carbonyl (C=O) groups is 4. The van der Waals surface area contributed by atoms with Gasteiger partial charge in [-0.05, 0) is 171 Å². The Kier molecular flexibility index (Phi) is 12.3. The van der Waals surface area contributed by atoms with E-state index in [4.69, 9.17) is 19.4 Å². The monoisotopic (exact) mass is 887 g/mol. The number of nitrogens with zero attached hydrogens (tertiary/aromatic N) is 4. The molecule has 3 aliphatic carbocycles. The molecule has 5 aliphatic rings. The van der Waals surface area contributed by atoms with Crippen LogP contribution in [-0.4, -0.2) is 90.1 Å². The third-order valence-corrected chi connectivity index (χ3v) is 14.0. The summed E-state index contributed by atoms with van der Waals surface area (Å²) < 4.78 is 10.9. The second-order valence-electron chi connectivity index (χ2n) is 21.1. The van der Waals surface area contributed by atoms with Gasteiger partial charge in [-0.15, -0.1) is 0 Å². The first-order chi connectivity index (χ1) is 31.0. The summed E-state index contributed by atoms with van der Waals surface area (Å²) in [4.78, 5) is 73.3. The molecule has 9 rings (SSSR count). The first-order valence-electron chi connectivity index (χ1n) is 24.0. The van der Waals surface area contributed by atoms with Gasteiger partial charge in [0.1, 0.15) is 22.9 Å². The van der Waals surface area contributed by atoms with Crippen molar-refractivity contribution < 1.29 is 28.7 Å². The summed E-state index contributed by atoms with van der Waals surface area (Å²) in [7, 11) is 0. The Morgan fingerprint density at radius 3 is 1.37 bits per heavy atom. The van der Waals surface area contributed by atoms with Crippen molar-refractivity contribution in [3.63, 3.8) is 0 Å². The average Bonchev–Trinajstić information content (AvgIpc) is 4.11. The van der Waals surface area contributed by atoms with Gasteiger partial charge in [0.15, 0.2) is 0 Å². The molecule has 0 radical (unpaired) electrons. The molecule has 346 valence electrons. The number of ether oxygens (including phenoxy) is 2. The number of hydrogen-bond donors (Lipinski definition) is 4. The maximum absolute atomic E-state index is 13.9. The fraction of sp³-hybridized carbons (Fsp3) is 0.569. The summed E-state index contributed by atoms with van der Waals surface area (Å²) in [6, 6.07) is 13.1. The van der Waals surface area contributed by atoms with Gasteiger partial charge in [0, 0.05) is 37.0 Å². The molecule has 4 N–H and O–H groups in total. The molecule has 2 saturated carbocycles. The van der Waals surface area contributed by atoms with Crippen molar-refractivity contribution in [3.8, 4) is 33.6 Å². The number of fused-ring (bicyclic) bond motifs is 3. The summed E-state index contributed by atoms with van der Waals surface area (Å²) >= 11 is 0. The van der Waals surface area contributed by atoms with Crippen molar-refractivity contribution in [2.45, 2.75) is 160 Å². The zero-order valence-electron chi connectivity index (χ0n) is 38.9. The van der Waals surface area contributed by atoms with Crippen LogP contribution in [0.2, 0.25) is 0 Å². The van der Waals surface area contributed by atoms with Crippen molar-refractivity contribution in [3.05, 3.63) is 71.6 Å². The zero-order chi connectivity index (χ0) is 45.6. The van der Waals surface area contributed by atoms with Gasteiger partial charge in [0.25, 0.3) is 0 Å². The first-order valence-corrected chi connectivity index (χ1v) is 24.0. The molecule has 0 bridgehead atoms. The number of carbonyl (C=O) groups excluding carboxylic acids is 4. The van der Waals surface area contributed by atoms with Crippen LogP contribution in [-0.2, 0) is 25.5 Å². The lowest BCUT2D eigenvalue weighted by atomic mass is 9.85. The number of imidazole rings is 2. The van der Waals surface area contributed by atoms with Crippen molar-refractivity contribution in [2.75, 3.05) is 13.1 Å². The van der Waals surface area contributed by atoms with E-state index in [0.717, 1.165) is 131 Å². The molecule has 2 aliphatic heterocycles. The number of alkyl carbamates (subject to hydrolysis) is 2. The molecule has 2 aromatic heterocycles. The fourth-order valence-corrected chi connectivity index (χ4v) is 10.9. The van der Waals surface area contributed by atoms with E-state index in [9.17, 15) is 19.2 Å². The van der Waals surface area contributed by atoms with Crippen LogP contribution in [0.15, 0.2) is 48.8 Å². The molecule has 2 aromatic carbocycles. The Morgan fingerprint density at radius 1 is 0.585 bits per heavy atom. The predicted octanol–water partition coefficient (Wildman–Crippen LogP) is 9.53. The number of benzene rings is 2. The van der Waals surface area contributed by atoms with E-state index in [1.165, 1.54) is 22.3 Å². The molecule has 4 fully saturated rings. The highest BCUT2D eigenvalue weighted by molar-refractivity contribution is 5.83. The molecule has 2 saturated heterocycles. The summed E-state index contributed by atoms with van der Waals surface area (Å²) in [5.74, 6) is 1.95. The summed E-state index contributed by atoms with van der Waals surface area (Å²) in [5, 5.41) is 5.98. The molecular formula is C51H66N8O6. The van der Waals surface area contributed by atoms with Crippen LogP contribution in [0.5, 0.6) is 0 Å². The van der Waals surface area contributed by atoms with Crippen molar-refractivity contribution >= 4 is 24.0 Å². The number of aromatic amines is 2. The molecule has 14 heteroatoms. The van der Waals surface area contributed by atoms with Gasteiger partial charge in [-0.25, -0.2) is 19.6 Å². The van der Waals surface area contributed by atoms with Crippen molar-refractivity contribution in [1.29, 1.82) is 0 Å². The van der Waals surface area contributed by atoms with Crippen LogP contribution in [0.4, 0.5) is 9.59 Å². The molecule has 4 aromatic rings. The minimum Gasteiger partial charge on any atom is -0.444 e. The van der Waals surface area contributed by atoms with Crippen molar-refractivity contribution in [1.82, 2.24) is 40.4 Å². The van der Waals surface area contributed by atoms with Crippen LogP contribution >= 0.6 is 0 Å². The summed E-state index contributed by atoms with van der Waals surface area (Å²) in [6.07, 6.45) is 13.5. The van der Waals surface area contributed by atoms with Gasteiger partial charge >= 0.3 is 12.2 Å². The van der Waals surface area contributed by atoms with Gasteiger partial charge in [-0.1, -0.05) is 24.3 Å². The number of rotatable bonds is 8. The van der Waals surface area contributed by atoms with E-state index < -0.39 is 23.4 Å². The normalized spacial score (nSPS) is 24.3. The van der Waals surface area contributed by atoms with Gasteiger partial charge in [-0.2, -0.15) is 0 Å². The molecule has 0 unspecified atom stereocenters. The Balaban J connectivity index is 0.799. The molecule has 65 heavy (non-hydrogen) atoms. The lowest BCUT2D eigenvalue weighted by Gasteiger charge is -2.33. The Morgan fingerprint density at radius 2 is 0.985 bits per heavy atom. The van der Waals surface area contributed by atoms with Gasteiger partial charge in [0.2, 0.25) is 11.8 Å². The lowest BCUT2D eigenvalue weighted by molar-refractivity contribution is -0.138. The number of amides is 4. The molecule has 2 atom stereocenters. The van der Waals surface area contributed by atoms with Gasteiger partial charge in [-0.3, -0.25) is 9.59 Å². The second kappa shape index (κ2) is 18.0. The van der Waals surface area contributed by atoms with Crippen molar-refractivity contribution in [2.24, 2.45) is 11.8 Å². The zero-order valence-corrected chi connectivity index (χ0v) is 38.9. The van der Waals surface area contributed by atoms with Gasteiger partial charge in [0.05, 0.1) is 35.9 Å². The Hall–Kier alpha value is -5.66. The van der Waals surface area contributed by atoms with Gasteiger partial charge < -0.3 is 39.9 Å². The highest BCUT2D eigenvalue weighted by atomic mass is 16.6. The number of H-pyrrole nitrogens is 2. The topological polar surface area (TPSA) is 175 Å². The number of aromatic nitrogens is 4. The highest BCUT2D eigenvalue weighted by Crippen LogP contribution is 2.42. The smallest absolute Gasteiger partial charge is 0.407 e. The van der Waals surface area contributed by atoms with Crippen LogP contribution in [0.25, 0.3) is 33.6 Å². The number of nitrogens with one attached hydrogen (secondary N) is 4. The Labute approximate surface area is 382 Å². The van der Waals surface area contributed by atoms with E-state index >= 15 is 0 Å². The summed E-state index contributed by atoms with van der Waals surface area (Å²) in [5.41, 5.74) is 7.94. The second-order valence-corrected chi connectivity index (χ2v) is 21.1. The van der Waals surface area contributed by atoms with Crippen LogP contribution in [0.3, 0.4) is 0 Å². The molecular weight excluding hydrogens is 821 g/mol. The molecule has 4 amide bonds.